The number of hydrogen-bond donors (Lipinski definition) is 0. The summed E-state index contributed by atoms with van der Waals surface area (Å²) in [7, 11) is 0. The van der Waals surface area contributed by atoms with Gasteiger partial charge >= 0.3 is 0 Å². The Hall–Kier alpha value is -1.08. The van der Waals surface area contributed by atoms with Gasteiger partial charge in [0.15, 0.2) is 0 Å². The van der Waals surface area contributed by atoms with E-state index in [2.05, 4.69) is 0 Å². The van der Waals surface area contributed by atoms with E-state index in [0.717, 1.165) is 5.56 Å². The Morgan fingerprint density at radius 3 is 1.88 bits per heavy atom. The van der Waals surface area contributed by atoms with Gasteiger partial charge in [0.1, 0.15) is 6.29 Å². The molecule has 16 heavy (non-hydrogen) atoms. The molecule has 90 valence electrons. The van der Waals surface area contributed by atoms with Crippen LogP contribution in [0.25, 0.3) is 5.03 Å². The summed E-state index contributed by atoms with van der Waals surface area (Å²) in [6, 6.07) is 17.4. The van der Waals surface area contributed by atoms with E-state index in [0.29, 0.717) is 11.3 Å². The number of aldehydes is 1. The number of rotatable bonds is 2. The van der Waals surface area contributed by atoms with Crippen molar-refractivity contribution in [3.63, 3.8) is 0 Å². The monoisotopic (exact) mass is 274 g/mol. The summed E-state index contributed by atoms with van der Waals surface area (Å²) in [5, 5.41) is 0.486. The van der Waals surface area contributed by atoms with E-state index in [1.54, 1.807) is 0 Å². The van der Waals surface area contributed by atoms with Crippen molar-refractivity contribution in [2.45, 2.75) is 0 Å². The quantitative estimate of drug-likeness (QED) is 0.354. The number of carbonyl (C=O) groups excluding carboxylic acids is 1. The Bertz CT molecular complexity index is 370. The average molecular weight is 275 g/mol. The van der Waals surface area contributed by atoms with E-state index in [-0.39, 0.29) is 17.1 Å². The van der Waals surface area contributed by atoms with E-state index < -0.39 is 0 Å². The molecule has 0 radical (unpaired) electrons. The van der Waals surface area contributed by atoms with Gasteiger partial charge in [-0.15, -0.1) is 23.7 Å². The molecule has 0 bridgehead atoms. The van der Waals surface area contributed by atoms with Gasteiger partial charge in [-0.3, -0.25) is 0 Å². The Morgan fingerprint density at radius 1 is 1.06 bits per heavy atom. The third-order valence-corrected chi connectivity index (χ3v) is 2.05. The summed E-state index contributed by atoms with van der Waals surface area (Å²) in [4.78, 5) is 9.95. The van der Waals surface area contributed by atoms with Gasteiger partial charge in [-0.05, 0) is 5.03 Å². The number of halogens is 1. The predicted octanol–water partition coefficient (Wildman–Crippen LogP) is 3.59. The van der Waals surface area contributed by atoms with E-state index in [1.807, 2.05) is 54.6 Å². The number of carbonyl (C=O) groups is 1. The van der Waals surface area contributed by atoms with Gasteiger partial charge in [0.25, 0.3) is 0 Å². The third kappa shape index (κ3) is 5.72. The molecule has 3 heteroatoms. The smallest absolute Gasteiger partial charge is 0.104 e. The van der Waals surface area contributed by atoms with Crippen LogP contribution in [0.3, 0.4) is 0 Å². The van der Waals surface area contributed by atoms with Crippen LogP contribution in [-0.4, -0.2) is 6.29 Å². The molecule has 1 nitrogen and oxygen atoms in total. The molecule has 0 saturated carbocycles. The normalized spacial score (nSPS) is 9.69. The molecule has 0 aromatic heterocycles. The van der Waals surface area contributed by atoms with Gasteiger partial charge in [-0.2, -0.15) is 12.1 Å². The maximum atomic E-state index is 9.95. The number of allylic oxidation sites excluding steroid dienone is 1. The second-order valence-corrected chi connectivity index (χ2v) is 3.19. The fourth-order valence-corrected chi connectivity index (χ4v) is 1.19. The van der Waals surface area contributed by atoms with Crippen molar-refractivity contribution in [1.82, 2.24) is 0 Å². The minimum absolute atomic E-state index is 0. The molecule has 0 saturated heterocycles. The van der Waals surface area contributed by atoms with Crippen molar-refractivity contribution in [1.29, 1.82) is 0 Å². The molecular formula is C13H11ClFeO-6. The molecule has 0 unspecified atom stereocenters. The standard InChI is InChI=1S/C8H6ClO.C5H5.Fe/c9-8(5-6-10)7-3-1-2-4-7;1-2-4-5-3-1;/h1-6H;1-5H;/q-1;-5;. The van der Waals surface area contributed by atoms with E-state index in [1.165, 1.54) is 6.08 Å². The van der Waals surface area contributed by atoms with Gasteiger partial charge in [0, 0.05) is 17.1 Å². The molecular weight excluding hydrogens is 263 g/mol. The Kier molecular flexibility index (Phi) is 8.55. The molecule has 2 aromatic rings. The van der Waals surface area contributed by atoms with Gasteiger partial charge in [0.2, 0.25) is 0 Å². The molecule has 0 aliphatic heterocycles. The summed E-state index contributed by atoms with van der Waals surface area (Å²) in [6.45, 7) is 0. The topological polar surface area (TPSA) is 17.1 Å². The molecule has 0 N–H and O–H groups in total. The molecule has 0 amide bonds. The first-order chi connectivity index (χ1) is 7.34. The summed E-state index contributed by atoms with van der Waals surface area (Å²) in [5.74, 6) is 0. The largest absolute Gasteiger partial charge is 0.748 e. The van der Waals surface area contributed by atoms with Crippen LogP contribution in [0, 0.1) is 0 Å². The van der Waals surface area contributed by atoms with E-state index in [4.69, 9.17) is 11.6 Å². The molecule has 0 aliphatic rings. The fraction of sp³-hybridized carbons (Fsp3) is 0. The van der Waals surface area contributed by atoms with Crippen LogP contribution in [0.5, 0.6) is 0 Å². The first-order valence-electron chi connectivity index (χ1n) is 4.54. The molecule has 0 atom stereocenters. The fourth-order valence-electron chi connectivity index (χ4n) is 1.01. The van der Waals surface area contributed by atoms with Crippen LogP contribution in [0.2, 0.25) is 0 Å². The van der Waals surface area contributed by atoms with Gasteiger partial charge in [-0.1, -0.05) is 11.6 Å². The van der Waals surface area contributed by atoms with Crippen LogP contribution >= 0.6 is 11.6 Å². The molecule has 0 fully saturated rings. The summed E-state index contributed by atoms with van der Waals surface area (Å²) >= 11 is 5.68. The Labute approximate surface area is 111 Å². The minimum atomic E-state index is 0. The maximum Gasteiger partial charge on any atom is 0.104 e. The second-order valence-electron chi connectivity index (χ2n) is 2.79. The molecule has 0 aliphatic carbocycles. The Morgan fingerprint density at radius 2 is 1.50 bits per heavy atom. The van der Waals surface area contributed by atoms with Crippen LogP contribution in [0.1, 0.15) is 5.56 Å². The van der Waals surface area contributed by atoms with Gasteiger partial charge in [-0.25, -0.2) is 0 Å². The van der Waals surface area contributed by atoms with Crippen LogP contribution < -0.4 is 0 Å². The summed E-state index contributed by atoms with van der Waals surface area (Å²) < 4.78 is 0. The zero-order valence-corrected chi connectivity index (χ0v) is 10.4. The van der Waals surface area contributed by atoms with Crippen molar-refractivity contribution in [2.75, 3.05) is 0 Å². The van der Waals surface area contributed by atoms with Crippen molar-refractivity contribution in [3.05, 3.63) is 66.2 Å². The van der Waals surface area contributed by atoms with E-state index >= 15 is 0 Å². The average Bonchev–Trinajstić information content (AvgIpc) is 2.95. The maximum absolute atomic E-state index is 9.95. The number of hydrogen-bond acceptors (Lipinski definition) is 1. The second kappa shape index (κ2) is 9.17. The van der Waals surface area contributed by atoms with Crippen molar-refractivity contribution in [2.24, 2.45) is 0 Å². The van der Waals surface area contributed by atoms with Crippen molar-refractivity contribution in [3.8, 4) is 0 Å². The minimum Gasteiger partial charge on any atom is -0.748 e. The van der Waals surface area contributed by atoms with Gasteiger partial charge < -0.3 is 35.1 Å². The van der Waals surface area contributed by atoms with Crippen LogP contribution in [-0.2, 0) is 21.9 Å². The molecule has 0 spiro atoms. The van der Waals surface area contributed by atoms with Gasteiger partial charge in [0.05, 0.1) is 0 Å². The third-order valence-electron chi connectivity index (χ3n) is 1.71. The van der Waals surface area contributed by atoms with Crippen LogP contribution in [0.4, 0.5) is 0 Å². The Balaban J connectivity index is 0.000000318. The van der Waals surface area contributed by atoms with Crippen molar-refractivity contribution >= 4 is 22.9 Å². The van der Waals surface area contributed by atoms with Crippen LogP contribution in [0.15, 0.2) is 60.7 Å². The van der Waals surface area contributed by atoms with E-state index in [9.17, 15) is 4.79 Å². The summed E-state index contributed by atoms with van der Waals surface area (Å²) in [5.41, 5.74) is 0.883. The van der Waals surface area contributed by atoms with Crippen molar-refractivity contribution < 1.29 is 21.9 Å². The first kappa shape index (κ1) is 14.9. The molecule has 2 aromatic carbocycles. The summed E-state index contributed by atoms with van der Waals surface area (Å²) in [6.07, 6.45) is 2.01. The predicted molar refractivity (Wildman–Crippen MR) is 64.0 cm³/mol. The SMILES string of the molecule is O=CC=C(Cl)[c-]1cccc1.[Fe].[cH-]1[cH-][cH-][cH-][cH-]1. The molecule has 0 heterocycles. The zero-order chi connectivity index (χ0) is 10.9. The first-order valence-corrected chi connectivity index (χ1v) is 4.92. The zero-order valence-electron chi connectivity index (χ0n) is 8.49. The molecule has 2 rings (SSSR count).